The number of benzene rings is 1. The van der Waals surface area contributed by atoms with Gasteiger partial charge in [0, 0.05) is 5.69 Å². The number of carbonyl (C=O) groups is 1. The van der Waals surface area contributed by atoms with Crippen LogP contribution < -0.4 is 16.4 Å². The largest absolute Gasteiger partial charge is 0.399 e. The van der Waals surface area contributed by atoms with E-state index in [0.29, 0.717) is 0 Å². The number of anilines is 1. The van der Waals surface area contributed by atoms with Crippen molar-refractivity contribution < 1.29 is 4.79 Å². The molecule has 1 unspecified atom stereocenters. The van der Waals surface area contributed by atoms with E-state index in [1.807, 2.05) is 12.1 Å². The van der Waals surface area contributed by atoms with Gasteiger partial charge in [-0.3, -0.25) is 4.79 Å². The summed E-state index contributed by atoms with van der Waals surface area (Å²) in [5.74, 6) is 0.152. The summed E-state index contributed by atoms with van der Waals surface area (Å²) in [6.07, 6.45) is 6.47. The molecule has 1 aliphatic heterocycles. The first-order chi connectivity index (χ1) is 9.74. The fourth-order valence-electron chi connectivity index (χ4n) is 3.33. The average Bonchev–Trinajstić information content (AvgIpc) is 2.48. The fourth-order valence-corrected chi connectivity index (χ4v) is 3.33. The van der Waals surface area contributed by atoms with E-state index in [4.69, 9.17) is 5.73 Å². The van der Waals surface area contributed by atoms with Crippen LogP contribution >= 0.6 is 0 Å². The molecule has 0 aromatic heterocycles. The van der Waals surface area contributed by atoms with Gasteiger partial charge in [0.05, 0.1) is 12.1 Å². The van der Waals surface area contributed by atoms with Crippen LogP contribution in [0.25, 0.3) is 0 Å². The van der Waals surface area contributed by atoms with Gasteiger partial charge in [-0.05, 0) is 61.9 Å². The topological polar surface area (TPSA) is 67.1 Å². The Bertz CT molecular complexity index is 494. The lowest BCUT2D eigenvalue weighted by Crippen LogP contribution is -2.47. The zero-order chi connectivity index (χ0) is 13.9. The maximum atomic E-state index is 12.3. The lowest BCUT2D eigenvalue weighted by molar-refractivity contribution is -0.124. The number of fused-ring (bicyclic) bond motifs is 1. The van der Waals surface area contributed by atoms with Crippen molar-refractivity contribution in [2.75, 3.05) is 12.3 Å². The van der Waals surface area contributed by atoms with Gasteiger partial charge in [0.25, 0.3) is 0 Å². The van der Waals surface area contributed by atoms with Crippen LogP contribution in [-0.4, -0.2) is 18.5 Å². The van der Waals surface area contributed by atoms with Crippen molar-refractivity contribution in [3.05, 3.63) is 29.3 Å². The second-order valence-corrected chi connectivity index (χ2v) is 5.91. The first-order valence-electron chi connectivity index (χ1n) is 7.66. The van der Waals surface area contributed by atoms with Gasteiger partial charge in [-0.25, -0.2) is 0 Å². The minimum Gasteiger partial charge on any atom is -0.399 e. The third-order valence-electron chi connectivity index (χ3n) is 4.42. The van der Waals surface area contributed by atoms with E-state index >= 15 is 0 Å². The van der Waals surface area contributed by atoms with E-state index in [0.717, 1.165) is 44.3 Å². The molecular formula is C16H23N3O. The molecule has 2 aliphatic rings. The van der Waals surface area contributed by atoms with Crippen LogP contribution in [0.15, 0.2) is 18.2 Å². The van der Waals surface area contributed by atoms with Gasteiger partial charge < -0.3 is 16.4 Å². The van der Waals surface area contributed by atoms with Gasteiger partial charge in [0.15, 0.2) is 0 Å². The maximum absolute atomic E-state index is 12.3. The number of aryl methyl sites for hydroxylation is 1. The number of carbonyl (C=O) groups excluding carboxylic acids is 1. The minimum atomic E-state index is -0.0112. The Hall–Kier alpha value is -1.55. The summed E-state index contributed by atoms with van der Waals surface area (Å²) < 4.78 is 0. The van der Waals surface area contributed by atoms with Crippen LogP contribution in [0.1, 0.15) is 49.3 Å². The fraction of sp³-hybridized carbons (Fsp3) is 0.562. The molecule has 0 saturated carbocycles. The van der Waals surface area contributed by atoms with E-state index in [2.05, 4.69) is 16.7 Å². The van der Waals surface area contributed by atoms with E-state index in [9.17, 15) is 4.79 Å². The number of nitrogen functional groups attached to an aromatic ring is 1. The second-order valence-electron chi connectivity index (χ2n) is 5.91. The van der Waals surface area contributed by atoms with Crippen LogP contribution in [0, 0.1) is 0 Å². The van der Waals surface area contributed by atoms with Crippen LogP contribution in [-0.2, 0) is 11.2 Å². The van der Waals surface area contributed by atoms with Crippen molar-refractivity contribution in [2.24, 2.45) is 0 Å². The number of nitrogens with two attached hydrogens (primary N) is 1. The molecule has 4 heteroatoms. The van der Waals surface area contributed by atoms with Gasteiger partial charge in [-0.1, -0.05) is 12.5 Å². The zero-order valence-corrected chi connectivity index (χ0v) is 11.8. The predicted octanol–water partition coefficient (Wildman–Crippen LogP) is 1.90. The van der Waals surface area contributed by atoms with Gasteiger partial charge in [-0.15, -0.1) is 0 Å². The molecule has 4 nitrogen and oxygen atoms in total. The van der Waals surface area contributed by atoms with Crippen LogP contribution in [0.3, 0.4) is 0 Å². The Morgan fingerprint density at radius 3 is 2.95 bits per heavy atom. The molecule has 0 radical (unpaired) electrons. The predicted molar refractivity (Wildman–Crippen MR) is 80.3 cm³/mol. The zero-order valence-electron chi connectivity index (χ0n) is 11.8. The summed E-state index contributed by atoms with van der Waals surface area (Å²) >= 11 is 0. The molecule has 20 heavy (non-hydrogen) atoms. The van der Waals surface area contributed by atoms with Gasteiger partial charge >= 0.3 is 0 Å². The molecule has 0 spiro atoms. The summed E-state index contributed by atoms with van der Waals surface area (Å²) in [5, 5.41) is 6.53. The highest BCUT2D eigenvalue weighted by Crippen LogP contribution is 2.31. The number of piperidine rings is 1. The summed E-state index contributed by atoms with van der Waals surface area (Å²) in [7, 11) is 0. The number of rotatable bonds is 2. The van der Waals surface area contributed by atoms with Crippen LogP contribution in [0.2, 0.25) is 0 Å². The van der Waals surface area contributed by atoms with E-state index in [1.165, 1.54) is 17.5 Å². The molecule has 1 heterocycles. The molecule has 1 amide bonds. The maximum Gasteiger partial charge on any atom is 0.237 e. The minimum absolute atomic E-state index is 0.0112. The number of hydrogen-bond acceptors (Lipinski definition) is 3. The van der Waals surface area contributed by atoms with Crippen molar-refractivity contribution in [1.82, 2.24) is 10.6 Å². The Kier molecular flexibility index (Phi) is 3.92. The quantitative estimate of drug-likeness (QED) is 0.721. The first-order valence-corrected chi connectivity index (χ1v) is 7.66. The molecular weight excluding hydrogens is 250 g/mol. The molecule has 1 aliphatic carbocycles. The SMILES string of the molecule is Nc1ccc2c(c1)CCCC2NC(=O)[C@H]1CCCCN1. The van der Waals surface area contributed by atoms with E-state index in [-0.39, 0.29) is 18.0 Å². The lowest BCUT2D eigenvalue weighted by atomic mass is 9.87. The normalized spacial score (nSPS) is 25.8. The lowest BCUT2D eigenvalue weighted by Gasteiger charge is -2.29. The third kappa shape index (κ3) is 2.80. The Morgan fingerprint density at radius 1 is 1.25 bits per heavy atom. The Balaban J connectivity index is 1.71. The summed E-state index contributed by atoms with van der Waals surface area (Å²) in [4.78, 5) is 12.3. The Labute approximate surface area is 120 Å². The van der Waals surface area contributed by atoms with Crippen LogP contribution in [0.5, 0.6) is 0 Å². The molecule has 4 N–H and O–H groups in total. The monoisotopic (exact) mass is 273 g/mol. The standard InChI is InChI=1S/C16H23N3O/c17-12-7-8-13-11(10-12)4-3-6-14(13)19-16(20)15-5-1-2-9-18-15/h7-8,10,14-15,18H,1-6,9,17H2,(H,19,20)/t14?,15-/m1/s1. The summed E-state index contributed by atoms with van der Waals surface area (Å²) in [6, 6.07) is 6.19. The third-order valence-corrected chi connectivity index (χ3v) is 4.42. The Morgan fingerprint density at radius 2 is 2.15 bits per heavy atom. The average molecular weight is 273 g/mol. The number of nitrogens with one attached hydrogen (secondary N) is 2. The molecule has 1 aromatic rings. The van der Waals surface area contributed by atoms with Gasteiger partial charge in [-0.2, -0.15) is 0 Å². The number of amides is 1. The van der Waals surface area contributed by atoms with Gasteiger partial charge in [0.2, 0.25) is 5.91 Å². The first kappa shape index (κ1) is 13.4. The summed E-state index contributed by atoms with van der Waals surface area (Å²) in [6.45, 7) is 0.954. The molecule has 1 aromatic carbocycles. The number of hydrogen-bond donors (Lipinski definition) is 3. The van der Waals surface area contributed by atoms with Crippen molar-refractivity contribution in [2.45, 2.75) is 50.6 Å². The molecule has 3 rings (SSSR count). The smallest absolute Gasteiger partial charge is 0.237 e. The highest BCUT2D eigenvalue weighted by molar-refractivity contribution is 5.82. The summed E-state index contributed by atoms with van der Waals surface area (Å²) in [5.41, 5.74) is 9.19. The highest BCUT2D eigenvalue weighted by atomic mass is 16.2. The van der Waals surface area contributed by atoms with E-state index in [1.54, 1.807) is 0 Å². The second kappa shape index (κ2) is 5.83. The van der Waals surface area contributed by atoms with Crippen LogP contribution in [0.4, 0.5) is 5.69 Å². The highest BCUT2D eigenvalue weighted by Gasteiger charge is 2.26. The van der Waals surface area contributed by atoms with Crippen molar-refractivity contribution in [3.63, 3.8) is 0 Å². The molecule has 2 atom stereocenters. The van der Waals surface area contributed by atoms with Gasteiger partial charge in [0.1, 0.15) is 0 Å². The van der Waals surface area contributed by atoms with Crippen molar-refractivity contribution in [1.29, 1.82) is 0 Å². The molecule has 0 bridgehead atoms. The van der Waals surface area contributed by atoms with Crippen molar-refractivity contribution in [3.8, 4) is 0 Å². The van der Waals surface area contributed by atoms with Crippen molar-refractivity contribution >= 4 is 11.6 Å². The molecule has 108 valence electrons. The molecule has 1 saturated heterocycles. The van der Waals surface area contributed by atoms with E-state index < -0.39 is 0 Å². The molecule has 1 fully saturated rings.